The van der Waals surface area contributed by atoms with Gasteiger partial charge in [0.05, 0.1) is 26.6 Å². The molecular formula is C14H14N2O2. The molecule has 0 fully saturated rings. The van der Waals surface area contributed by atoms with Crippen LogP contribution in [0.5, 0.6) is 11.5 Å². The minimum absolute atomic E-state index is 0.715. The van der Waals surface area contributed by atoms with E-state index in [1.54, 1.807) is 26.6 Å². The monoisotopic (exact) mass is 242 g/mol. The van der Waals surface area contributed by atoms with E-state index in [-0.39, 0.29) is 0 Å². The van der Waals surface area contributed by atoms with E-state index in [2.05, 4.69) is 10.2 Å². The van der Waals surface area contributed by atoms with Gasteiger partial charge in [0.2, 0.25) is 0 Å². The molecule has 0 amide bonds. The van der Waals surface area contributed by atoms with Gasteiger partial charge in [-0.3, -0.25) is 0 Å². The van der Waals surface area contributed by atoms with Crippen LogP contribution in [-0.4, -0.2) is 24.4 Å². The summed E-state index contributed by atoms with van der Waals surface area (Å²) < 4.78 is 10.6. The molecule has 0 spiro atoms. The smallest absolute Gasteiger partial charge is 0.167 e. The normalized spacial score (nSPS) is 10.6. The second kappa shape index (κ2) is 5.82. The fraction of sp³-hybridized carbons (Fsp3) is 0.143. The van der Waals surface area contributed by atoms with Gasteiger partial charge in [0.1, 0.15) is 0 Å². The van der Waals surface area contributed by atoms with E-state index >= 15 is 0 Å². The largest absolute Gasteiger partial charge is 0.493 e. The summed E-state index contributed by atoms with van der Waals surface area (Å²) in [4.78, 5) is 0. The summed E-state index contributed by atoms with van der Waals surface area (Å²) >= 11 is 0. The van der Waals surface area contributed by atoms with Crippen molar-refractivity contribution in [2.75, 3.05) is 14.2 Å². The summed E-state index contributed by atoms with van der Waals surface area (Å²) in [6.07, 6.45) is 7.26. The van der Waals surface area contributed by atoms with Crippen molar-refractivity contribution < 1.29 is 9.47 Å². The third-order valence-corrected chi connectivity index (χ3v) is 2.50. The molecule has 1 aromatic heterocycles. The van der Waals surface area contributed by atoms with E-state index < -0.39 is 0 Å². The second-order valence-corrected chi connectivity index (χ2v) is 3.59. The van der Waals surface area contributed by atoms with E-state index in [4.69, 9.17) is 9.47 Å². The number of para-hydroxylation sites is 1. The highest BCUT2D eigenvalue weighted by Crippen LogP contribution is 2.31. The summed E-state index contributed by atoms with van der Waals surface area (Å²) in [5.74, 6) is 1.44. The molecule has 0 aliphatic carbocycles. The highest BCUT2D eigenvalue weighted by Gasteiger charge is 2.06. The first-order chi connectivity index (χ1) is 8.85. The van der Waals surface area contributed by atoms with Crippen LogP contribution in [0.3, 0.4) is 0 Å². The maximum atomic E-state index is 5.35. The van der Waals surface area contributed by atoms with Gasteiger partial charge in [-0.25, -0.2) is 0 Å². The van der Waals surface area contributed by atoms with Crippen molar-refractivity contribution in [3.63, 3.8) is 0 Å². The summed E-state index contributed by atoms with van der Waals surface area (Å²) in [6.45, 7) is 0. The standard InChI is InChI=1S/C14H14N2O2/c1-17-13-5-3-4-12(14(13)18-2)7-6-11-8-9-15-16-10-11/h3-10H,1-2H3. The lowest BCUT2D eigenvalue weighted by atomic mass is 10.1. The van der Waals surface area contributed by atoms with Crippen molar-refractivity contribution in [3.05, 3.63) is 47.8 Å². The van der Waals surface area contributed by atoms with Crippen LogP contribution >= 0.6 is 0 Å². The summed E-state index contributed by atoms with van der Waals surface area (Å²) in [7, 11) is 3.25. The van der Waals surface area contributed by atoms with Gasteiger partial charge >= 0.3 is 0 Å². The average Bonchev–Trinajstić information content (AvgIpc) is 2.45. The second-order valence-electron chi connectivity index (χ2n) is 3.59. The van der Waals surface area contributed by atoms with Gasteiger partial charge in [-0.15, -0.1) is 0 Å². The molecule has 4 heteroatoms. The molecule has 1 aromatic carbocycles. The molecule has 0 aliphatic heterocycles. The number of aromatic nitrogens is 2. The van der Waals surface area contributed by atoms with E-state index in [9.17, 15) is 0 Å². The Bertz CT molecular complexity index is 539. The highest BCUT2D eigenvalue weighted by atomic mass is 16.5. The molecule has 0 aliphatic rings. The van der Waals surface area contributed by atoms with Crippen LogP contribution in [0.4, 0.5) is 0 Å². The van der Waals surface area contributed by atoms with Gasteiger partial charge < -0.3 is 9.47 Å². The van der Waals surface area contributed by atoms with Gasteiger partial charge in [-0.2, -0.15) is 10.2 Å². The van der Waals surface area contributed by atoms with Crippen LogP contribution < -0.4 is 9.47 Å². The maximum Gasteiger partial charge on any atom is 0.167 e. The van der Waals surface area contributed by atoms with E-state index in [0.717, 1.165) is 16.9 Å². The Kier molecular flexibility index (Phi) is 3.91. The number of ether oxygens (including phenoxy) is 2. The van der Waals surface area contributed by atoms with E-state index in [1.165, 1.54) is 0 Å². The molecule has 92 valence electrons. The number of hydrogen-bond acceptors (Lipinski definition) is 4. The summed E-state index contributed by atoms with van der Waals surface area (Å²) in [5.41, 5.74) is 1.93. The van der Waals surface area contributed by atoms with Gasteiger partial charge in [-0.05, 0) is 17.7 Å². The quantitative estimate of drug-likeness (QED) is 0.826. The molecule has 0 saturated heterocycles. The predicted octanol–water partition coefficient (Wildman–Crippen LogP) is 2.66. The predicted molar refractivity (Wildman–Crippen MR) is 70.5 cm³/mol. The summed E-state index contributed by atoms with van der Waals surface area (Å²) in [5, 5.41) is 7.55. The molecule has 2 aromatic rings. The van der Waals surface area contributed by atoms with E-state index in [0.29, 0.717) is 5.75 Å². The molecule has 4 nitrogen and oxygen atoms in total. The fourth-order valence-electron chi connectivity index (χ4n) is 1.63. The van der Waals surface area contributed by atoms with E-state index in [1.807, 2.05) is 36.4 Å². The Hall–Kier alpha value is -2.36. The SMILES string of the molecule is COc1cccc(C=Cc2ccnnc2)c1OC. The van der Waals surface area contributed by atoms with Crippen molar-refractivity contribution in [3.8, 4) is 11.5 Å². The summed E-state index contributed by atoms with van der Waals surface area (Å²) in [6, 6.07) is 7.64. The molecule has 2 rings (SSSR count). The zero-order valence-corrected chi connectivity index (χ0v) is 10.3. The minimum atomic E-state index is 0.715. The Labute approximate surface area is 106 Å². The molecule has 0 unspecified atom stereocenters. The lowest BCUT2D eigenvalue weighted by molar-refractivity contribution is 0.354. The maximum absolute atomic E-state index is 5.35. The molecule has 0 atom stereocenters. The van der Waals surface area contributed by atoms with Gasteiger partial charge in [0.25, 0.3) is 0 Å². The zero-order chi connectivity index (χ0) is 12.8. The van der Waals surface area contributed by atoms with Crippen LogP contribution in [0.25, 0.3) is 12.2 Å². The Balaban J connectivity index is 2.32. The lowest BCUT2D eigenvalue weighted by Crippen LogP contribution is -1.92. The first kappa shape index (κ1) is 12.1. The third-order valence-electron chi connectivity index (χ3n) is 2.50. The van der Waals surface area contributed by atoms with Crippen molar-refractivity contribution in [1.82, 2.24) is 10.2 Å². The zero-order valence-electron chi connectivity index (χ0n) is 10.3. The third kappa shape index (κ3) is 2.66. The Morgan fingerprint density at radius 1 is 1.00 bits per heavy atom. The fourth-order valence-corrected chi connectivity index (χ4v) is 1.63. The first-order valence-corrected chi connectivity index (χ1v) is 5.51. The molecule has 0 N–H and O–H groups in total. The van der Waals surface area contributed by atoms with Gasteiger partial charge in [-0.1, -0.05) is 24.3 Å². The van der Waals surface area contributed by atoms with Crippen molar-refractivity contribution in [2.24, 2.45) is 0 Å². The Morgan fingerprint density at radius 2 is 1.89 bits per heavy atom. The minimum Gasteiger partial charge on any atom is -0.493 e. The number of rotatable bonds is 4. The van der Waals surface area contributed by atoms with Crippen LogP contribution in [0.15, 0.2) is 36.7 Å². The number of benzene rings is 1. The first-order valence-electron chi connectivity index (χ1n) is 5.51. The molecule has 1 heterocycles. The molecule has 18 heavy (non-hydrogen) atoms. The number of methoxy groups -OCH3 is 2. The molecule has 0 bridgehead atoms. The van der Waals surface area contributed by atoms with Crippen LogP contribution in [-0.2, 0) is 0 Å². The molecule has 0 radical (unpaired) electrons. The molecular weight excluding hydrogens is 228 g/mol. The Morgan fingerprint density at radius 3 is 2.56 bits per heavy atom. The average molecular weight is 242 g/mol. The highest BCUT2D eigenvalue weighted by molar-refractivity contribution is 5.73. The van der Waals surface area contributed by atoms with Crippen molar-refractivity contribution in [2.45, 2.75) is 0 Å². The number of nitrogens with zero attached hydrogens (tertiary/aromatic N) is 2. The number of hydrogen-bond donors (Lipinski definition) is 0. The topological polar surface area (TPSA) is 44.2 Å². The van der Waals surface area contributed by atoms with Gasteiger partial charge in [0.15, 0.2) is 11.5 Å². The van der Waals surface area contributed by atoms with Crippen molar-refractivity contribution >= 4 is 12.2 Å². The van der Waals surface area contributed by atoms with Gasteiger partial charge in [0, 0.05) is 5.56 Å². The van der Waals surface area contributed by atoms with Crippen LogP contribution in [0.2, 0.25) is 0 Å². The molecule has 0 saturated carbocycles. The van der Waals surface area contributed by atoms with Crippen molar-refractivity contribution in [1.29, 1.82) is 0 Å². The van der Waals surface area contributed by atoms with Crippen LogP contribution in [0.1, 0.15) is 11.1 Å². The lowest BCUT2D eigenvalue weighted by Gasteiger charge is -2.09. The van der Waals surface area contributed by atoms with Crippen LogP contribution in [0, 0.1) is 0 Å².